The molecule has 2 aromatic rings. The van der Waals surface area contributed by atoms with Crippen molar-refractivity contribution in [2.75, 3.05) is 5.32 Å². The van der Waals surface area contributed by atoms with Crippen molar-refractivity contribution in [3.05, 3.63) is 36.4 Å². The second-order valence-electron chi connectivity index (χ2n) is 3.41. The Bertz CT molecular complexity index is 447. The first-order chi connectivity index (χ1) is 7.29. The highest BCUT2D eigenvalue weighted by atomic mass is 15.2. The highest BCUT2D eigenvalue weighted by Crippen LogP contribution is 2.14. The van der Waals surface area contributed by atoms with Crippen LogP contribution in [-0.2, 0) is 6.54 Å². The predicted molar refractivity (Wildman–Crippen MR) is 60.2 cm³/mol. The number of hydrogen-bond donors (Lipinski definition) is 1. The summed E-state index contributed by atoms with van der Waals surface area (Å²) in [5.41, 5.74) is 2.10. The maximum absolute atomic E-state index is 4.24. The van der Waals surface area contributed by atoms with Crippen LogP contribution in [0.5, 0.6) is 0 Å². The number of pyridine rings is 1. The second-order valence-corrected chi connectivity index (χ2v) is 3.41. The normalized spacial score (nSPS) is 10.3. The molecule has 0 radical (unpaired) electrons. The molecule has 78 valence electrons. The Morgan fingerprint density at radius 1 is 1.40 bits per heavy atom. The zero-order chi connectivity index (χ0) is 10.7. The molecule has 0 aromatic carbocycles. The summed E-state index contributed by atoms with van der Waals surface area (Å²) in [6, 6.07) is 2.04. The van der Waals surface area contributed by atoms with Crippen LogP contribution in [0.3, 0.4) is 0 Å². The van der Waals surface area contributed by atoms with Gasteiger partial charge in [-0.1, -0.05) is 0 Å². The van der Waals surface area contributed by atoms with Crippen molar-refractivity contribution in [2.24, 2.45) is 0 Å². The SMILES string of the molecule is CCn1ccnc1Nc1cncc(C)c1. The van der Waals surface area contributed by atoms with E-state index in [1.807, 2.05) is 30.0 Å². The predicted octanol–water partition coefficient (Wildman–Crippen LogP) is 2.35. The molecule has 1 N–H and O–H groups in total. The average molecular weight is 202 g/mol. The molecular formula is C11H14N4. The van der Waals surface area contributed by atoms with E-state index in [-0.39, 0.29) is 0 Å². The summed E-state index contributed by atoms with van der Waals surface area (Å²) in [5.74, 6) is 0.852. The van der Waals surface area contributed by atoms with Crippen molar-refractivity contribution in [1.29, 1.82) is 0 Å². The van der Waals surface area contributed by atoms with Gasteiger partial charge in [-0.2, -0.15) is 0 Å². The molecular weight excluding hydrogens is 188 g/mol. The molecule has 0 atom stereocenters. The standard InChI is InChI=1S/C11H14N4/c1-3-15-5-4-13-11(15)14-10-6-9(2)7-12-8-10/h4-8H,3H2,1-2H3,(H,13,14). The zero-order valence-electron chi connectivity index (χ0n) is 8.94. The lowest BCUT2D eigenvalue weighted by molar-refractivity contribution is 0.771. The molecule has 2 rings (SSSR count). The Balaban J connectivity index is 2.22. The van der Waals surface area contributed by atoms with Gasteiger partial charge < -0.3 is 9.88 Å². The van der Waals surface area contributed by atoms with Crippen LogP contribution in [0, 0.1) is 6.92 Å². The molecule has 0 saturated heterocycles. The number of rotatable bonds is 3. The van der Waals surface area contributed by atoms with Crippen molar-refractivity contribution in [3.63, 3.8) is 0 Å². The quantitative estimate of drug-likeness (QED) is 0.830. The maximum Gasteiger partial charge on any atom is 0.207 e. The third-order valence-electron chi connectivity index (χ3n) is 2.19. The Kier molecular flexibility index (Phi) is 2.67. The van der Waals surface area contributed by atoms with Crippen LogP contribution >= 0.6 is 0 Å². The van der Waals surface area contributed by atoms with E-state index in [4.69, 9.17) is 0 Å². The first kappa shape index (κ1) is 9.71. The van der Waals surface area contributed by atoms with Crippen molar-refractivity contribution >= 4 is 11.6 Å². The summed E-state index contributed by atoms with van der Waals surface area (Å²) in [6.07, 6.45) is 7.36. The second kappa shape index (κ2) is 4.13. The van der Waals surface area contributed by atoms with Gasteiger partial charge in [-0.3, -0.25) is 4.98 Å². The van der Waals surface area contributed by atoms with Crippen molar-refractivity contribution in [3.8, 4) is 0 Å². The number of anilines is 2. The third-order valence-corrected chi connectivity index (χ3v) is 2.19. The van der Waals surface area contributed by atoms with E-state index in [2.05, 4.69) is 22.2 Å². The van der Waals surface area contributed by atoms with Crippen LogP contribution in [-0.4, -0.2) is 14.5 Å². The summed E-state index contributed by atoms with van der Waals surface area (Å²) < 4.78 is 2.04. The lowest BCUT2D eigenvalue weighted by Crippen LogP contribution is -2.01. The number of nitrogens with one attached hydrogen (secondary N) is 1. The summed E-state index contributed by atoms with van der Waals surface area (Å²) in [7, 11) is 0. The van der Waals surface area contributed by atoms with Crippen LogP contribution in [0.2, 0.25) is 0 Å². The van der Waals surface area contributed by atoms with E-state index in [0.717, 1.165) is 23.7 Å². The summed E-state index contributed by atoms with van der Waals surface area (Å²) in [5, 5.41) is 3.23. The number of aromatic nitrogens is 3. The number of imidazole rings is 1. The minimum atomic E-state index is 0.852. The van der Waals surface area contributed by atoms with Crippen molar-refractivity contribution in [1.82, 2.24) is 14.5 Å². The molecule has 0 saturated carbocycles. The molecule has 0 fully saturated rings. The van der Waals surface area contributed by atoms with Gasteiger partial charge in [0.2, 0.25) is 5.95 Å². The van der Waals surface area contributed by atoms with Gasteiger partial charge in [0.15, 0.2) is 0 Å². The lowest BCUT2D eigenvalue weighted by Gasteiger charge is -2.07. The van der Waals surface area contributed by atoms with Gasteiger partial charge in [0.1, 0.15) is 0 Å². The Labute approximate surface area is 89.0 Å². The highest BCUT2D eigenvalue weighted by molar-refractivity contribution is 5.52. The van der Waals surface area contributed by atoms with Gasteiger partial charge >= 0.3 is 0 Å². The van der Waals surface area contributed by atoms with E-state index in [1.165, 1.54) is 0 Å². The van der Waals surface area contributed by atoms with Gasteiger partial charge in [0, 0.05) is 25.1 Å². The van der Waals surface area contributed by atoms with E-state index < -0.39 is 0 Å². The molecule has 2 heterocycles. The van der Waals surface area contributed by atoms with Gasteiger partial charge in [-0.05, 0) is 25.5 Å². The first-order valence-electron chi connectivity index (χ1n) is 4.99. The zero-order valence-corrected chi connectivity index (χ0v) is 8.94. The molecule has 0 spiro atoms. The van der Waals surface area contributed by atoms with Gasteiger partial charge in [0.05, 0.1) is 11.9 Å². The van der Waals surface area contributed by atoms with E-state index in [1.54, 1.807) is 12.4 Å². The van der Waals surface area contributed by atoms with Crippen LogP contribution in [0.1, 0.15) is 12.5 Å². The topological polar surface area (TPSA) is 42.7 Å². The molecule has 0 amide bonds. The van der Waals surface area contributed by atoms with Crippen LogP contribution in [0.15, 0.2) is 30.9 Å². The Morgan fingerprint density at radius 2 is 2.27 bits per heavy atom. The van der Waals surface area contributed by atoms with Gasteiger partial charge in [0.25, 0.3) is 0 Å². The van der Waals surface area contributed by atoms with Crippen LogP contribution in [0.4, 0.5) is 11.6 Å². The fourth-order valence-corrected chi connectivity index (χ4v) is 1.44. The summed E-state index contributed by atoms with van der Waals surface area (Å²) in [4.78, 5) is 8.36. The molecule has 4 nitrogen and oxygen atoms in total. The van der Waals surface area contributed by atoms with E-state index >= 15 is 0 Å². The largest absolute Gasteiger partial charge is 0.324 e. The average Bonchev–Trinajstić information content (AvgIpc) is 2.65. The molecule has 0 aliphatic rings. The molecule has 4 heteroatoms. The molecule has 0 bridgehead atoms. The molecule has 0 aliphatic heterocycles. The monoisotopic (exact) mass is 202 g/mol. The van der Waals surface area contributed by atoms with Crippen molar-refractivity contribution < 1.29 is 0 Å². The van der Waals surface area contributed by atoms with Crippen molar-refractivity contribution in [2.45, 2.75) is 20.4 Å². The first-order valence-corrected chi connectivity index (χ1v) is 4.99. The minimum absolute atomic E-state index is 0.852. The minimum Gasteiger partial charge on any atom is -0.324 e. The smallest absolute Gasteiger partial charge is 0.207 e. The highest BCUT2D eigenvalue weighted by Gasteiger charge is 2.01. The Morgan fingerprint density at radius 3 is 3.00 bits per heavy atom. The van der Waals surface area contributed by atoms with E-state index in [0.29, 0.717) is 0 Å². The fraction of sp³-hybridized carbons (Fsp3) is 0.273. The van der Waals surface area contributed by atoms with Crippen LogP contribution < -0.4 is 5.32 Å². The van der Waals surface area contributed by atoms with Gasteiger partial charge in [-0.25, -0.2) is 4.98 Å². The molecule has 0 aliphatic carbocycles. The maximum atomic E-state index is 4.24. The fourth-order valence-electron chi connectivity index (χ4n) is 1.44. The molecule has 2 aromatic heterocycles. The number of nitrogens with zero attached hydrogens (tertiary/aromatic N) is 3. The third kappa shape index (κ3) is 2.15. The lowest BCUT2D eigenvalue weighted by atomic mass is 10.3. The number of hydrogen-bond acceptors (Lipinski definition) is 3. The number of aryl methyl sites for hydroxylation is 2. The van der Waals surface area contributed by atoms with E-state index in [9.17, 15) is 0 Å². The summed E-state index contributed by atoms with van der Waals surface area (Å²) in [6.45, 7) is 5.01. The summed E-state index contributed by atoms with van der Waals surface area (Å²) >= 11 is 0. The van der Waals surface area contributed by atoms with Crippen LogP contribution in [0.25, 0.3) is 0 Å². The molecule has 15 heavy (non-hydrogen) atoms. The van der Waals surface area contributed by atoms with Gasteiger partial charge in [-0.15, -0.1) is 0 Å². The Hall–Kier alpha value is -1.84. The molecule has 0 unspecified atom stereocenters.